The quantitative estimate of drug-likeness (QED) is 0.833. The molecule has 0 aromatic heterocycles. The first kappa shape index (κ1) is 14.8. The average molecular weight is 280 g/mol. The molecule has 0 aromatic carbocycles. The second-order valence-electron chi connectivity index (χ2n) is 8.03. The zero-order valence-electron chi connectivity index (χ0n) is 13.3. The van der Waals surface area contributed by atoms with E-state index in [9.17, 15) is 5.11 Å². The van der Waals surface area contributed by atoms with Crippen LogP contribution in [0.3, 0.4) is 0 Å². The summed E-state index contributed by atoms with van der Waals surface area (Å²) in [7, 11) is 0. The summed E-state index contributed by atoms with van der Waals surface area (Å²) < 4.78 is 0. The molecule has 1 saturated carbocycles. The lowest BCUT2D eigenvalue weighted by Crippen LogP contribution is -2.61. The first-order valence-corrected chi connectivity index (χ1v) is 8.65. The molecule has 0 spiro atoms. The van der Waals surface area contributed by atoms with Gasteiger partial charge in [-0.25, -0.2) is 0 Å². The normalized spacial score (nSPS) is 48.8. The highest BCUT2D eigenvalue weighted by Gasteiger charge is 2.57. The van der Waals surface area contributed by atoms with Gasteiger partial charge in [0.15, 0.2) is 0 Å². The number of nitrogens with two attached hydrogens (primary N) is 1. The molecule has 0 amide bonds. The Morgan fingerprint density at radius 2 is 1.85 bits per heavy atom. The largest absolute Gasteiger partial charge is 0.389 e. The summed E-state index contributed by atoms with van der Waals surface area (Å²) in [6, 6.07) is 0. The molecule has 3 N–H and O–H groups in total. The van der Waals surface area contributed by atoms with Crippen molar-refractivity contribution in [1.29, 1.82) is 0 Å². The summed E-state index contributed by atoms with van der Waals surface area (Å²) >= 11 is 0. The molecule has 0 aromatic rings. The number of aliphatic hydroxyl groups is 1. The predicted octanol–water partition coefficient (Wildman–Crippen LogP) is 2.23. The van der Waals surface area contributed by atoms with Gasteiger partial charge in [-0.3, -0.25) is 0 Å². The van der Waals surface area contributed by atoms with Crippen molar-refractivity contribution in [3.8, 4) is 0 Å². The topological polar surface area (TPSA) is 49.5 Å². The van der Waals surface area contributed by atoms with Gasteiger partial charge < -0.3 is 15.7 Å². The lowest BCUT2D eigenvalue weighted by atomic mass is 9.55. The van der Waals surface area contributed by atoms with E-state index in [0.717, 1.165) is 44.2 Å². The molecule has 3 rings (SSSR count). The van der Waals surface area contributed by atoms with Gasteiger partial charge in [0.2, 0.25) is 0 Å². The maximum atomic E-state index is 11.6. The summed E-state index contributed by atoms with van der Waals surface area (Å²) in [5.74, 6) is 2.08. The fourth-order valence-electron chi connectivity index (χ4n) is 5.33. The number of rotatable bonds is 3. The highest BCUT2D eigenvalue weighted by molar-refractivity contribution is 5.09. The summed E-state index contributed by atoms with van der Waals surface area (Å²) in [6.45, 7) is 8.70. The fourth-order valence-corrected chi connectivity index (χ4v) is 5.33. The smallest absolute Gasteiger partial charge is 0.0768 e. The number of hydrogen-bond donors (Lipinski definition) is 2. The third-order valence-corrected chi connectivity index (χ3v) is 7.00. The first-order chi connectivity index (χ1) is 9.51. The summed E-state index contributed by atoms with van der Waals surface area (Å²) in [5, 5.41) is 11.6. The Morgan fingerprint density at radius 1 is 1.15 bits per heavy atom. The van der Waals surface area contributed by atoms with Gasteiger partial charge in [0.1, 0.15) is 0 Å². The van der Waals surface area contributed by atoms with E-state index < -0.39 is 5.60 Å². The first-order valence-electron chi connectivity index (χ1n) is 8.65. The molecule has 3 unspecified atom stereocenters. The van der Waals surface area contributed by atoms with E-state index >= 15 is 0 Å². The SMILES string of the molecule is CC(C)C1CCC(CN)(C2(O)CCN3CCC2C3)CC1. The van der Waals surface area contributed by atoms with Crippen LogP contribution in [-0.4, -0.2) is 41.8 Å². The Hall–Kier alpha value is -0.120. The second-order valence-corrected chi connectivity index (χ2v) is 8.03. The van der Waals surface area contributed by atoms with Gasteiger partial charge >= 0.3 is 0 Å². The van der Waals surface area contributed by atoms with Gasteiger partial charge in [0, 0.05) is 31.0 Å². The highest BCUT2D eigenvalue weighted by atomic mass is 16.3. The summed E-state index contributed by atoms with van der Waals surface area (Å²) in [6.07, 6.45) is 6.91. The molecule has 1 aliphatic carbocycles. The van der Waals surface area contributed by atoms with Gasteiger partial charge in [-0.1, -0.05) is 13.8 Å². The second kappa shape index (κ2) is 5.26. The van der Waals surface area contributed by atoms with E-state index in [-0.39, 0.29) is 5.41 Å². The maximum Gasteiger partial charge on any atom is 0.0768 e. The molecule has 2 aliphatic heterocycles. The average Bonchev–Trinajstić information content (AvgIpc) is 2.88. The van der Waals surface area contributed by atoms with Crippen LogP contribution in [-0.2, 0) is 0 Å². The van der Waals surface area contributed by atoms with Crippen LogP contribution in [0.4, 0.5) is 0 Å². The minimum atomic E-state index is -0.489. The molecule has 20 heavy (non-hydrogen) atoms. The van der Waals surface area contributed by atoms with Gasteiger partial charge in [0.05, 0.1) is 5.60 Å². The van der Waals surface area contributed by atoms with Crippen molar-refractivity contribution < 1.29 is 5.11 Å². The van der Waals surface area contributed by atoms with Gasteiger partial charge in [-0.15, -0.1) is 0 Å². The molecule has 116 valence electrons. The van der Waals surface area contributed by atoms with E-state index in [1.807, 2.05) is 0 Å². The molecule has 2 saturated heterocycles. The van der Waals surface area contributed by atoms with E-state index in [2.05, 4.69) is 18.7 Å². The lowest BCUT2D eigenvalue weighted by molar-refractivity contribution is -0.158. The van der Waals surface area contributed by atoms with Crippen LogP contribution >= 0.6 is 0 Å². The predicted molar refractivity (Wildman–Crippen MR) is 82.4 cm³/mol. The number of piperidine rings is 1. The third kappa shape index (κ3) is 2.13. The van der Waals surface area contributed by atoms with E-state index in [0.29, 0.717) is 12.5 Å². The van der Waals surface area contributed by atoms with Gasteiger partial charge in [-0.05, 0) is 56.9 Å². The van der Waals surface area contributed by atoms with Gasteiger partial charge in [0.25, 0.3) is 0 Å². The molecule has 3 fully saturated rings. The van der Waals surface area contributed by atoms with Crippen molar-refractivity contribution in [2.75, 3.05) is 26.2 Å². The molecule has 3 atom stereocenters. The Balaban J connectivity index is 1.79. The van der Waals surface area contributed by atoms with E-state index in [4.69, 9.17) is 5.73 Å². The van der Waals surface area contributed by atoms with E-state index in [1.54, 1.807) is 0 Å². The molecule has 2 bridgehead atoms. The standard InChI is InChI=1S/C17H32N2O/c1-13(2)14-3-6-16(12-18,7-4-14)17(20)8-10-19-9-5-15(17)11-19/h13-15,20H,3-12,18H2,1-2H3. The zero-order chi connectivity index (χ0) is 14.4. The number of nitrogens with zero attached hydrogens (tertiary/aromatic N) is 1. The molecule has 2 heterocycles. The third-order valence-electron chi connectivity index (χ3n) is 7.00. The number of fused-ring (bicyclic) bond motifs is 2. The number of hydrogen-bond acceptors (Lipinski definition) is 3. The van der Waals surface area contributed by atoms with Crippen molar-refractivity contribution in [3.05, 3.63) is 0 Å². The Kier molecular flexibility index (Phi) is 3.89. The van der Waals surface area contributed by atoms with Gasteiger partial charge in [-0.2, -0.15) is 0 Å². The Labute approximate surface area is 123 Å². The van der Waals surface area contributed by atoms with Crippen molar-refractivity contribution in [2.45, 2.75) is 58.0 Å². The van der Waals surface area contributed by atoms with E-state index in [1.165, 1.54) is 25.8 Å². The highest BCUT2D eigenvalue weighted by Crippen LogP contribution is 2.54. The molecule has 3 aliphatic rings. The van der Waals surface area contributed by atoms with Crippen molar-refractivity contribution in [2.24, 2.45) is 28.9 Å². The van der Waals surface area contributed by atoms with Crippen molar-refractivity contribution in [1.82, 2.24) is 4.90 Å². The zero-order valence-corrected chi connectivity index (χ0v) is 13.3. The Bertz CT molecular complexity index is 349. The minimum Gasteiger partial charge on any atom is -0.389 e. The van der Waals surface area contributed by atoms with Crippen molar-refractivity contribution >= 4 is 0 Å². The minimum absolute atomic E-state index is 0.000509. The van der Waals surface area contributed by atoms with Crippen molar-refractivity contribution in [3.63, 3.8) is 0 Å². The van der Waals surface area contributed by atoms with Crippen LogP contribution in [0.5, 0.6) is 0 Å². The Morgan fingerprint density at radius 3 is 2.45 bits per heavy atom. The summed E-state index contributed by atoms with van der Waals surface area (Å²) in [4.78, 5) is 2.52. The fraction of sp³-hybridized carbons (Fsp3) is 1.00. The maximum absolute atomic E-state index is 11.6. The van der Waals surface area contributed by atoms with Crippen LogP contribution < -0.4 is 5.73 Å². The van der Waals surface area contributed by atoms with Crippen LogP contribution in [0.25, 0.3) is 0 Å². The molecular weight excluding hydrogens is 248 g/mol. The molecule has 3 heteroatoms. The molecule has 0 radical (unpaired) electrons. The molecule has 3 nitrogen and oxygen atoms in total. The monoisotopic (exact) mass is 280 g/mol. The van der Waals surface area contributed by atoms with Crippen LogP contribution in [0, 0.1) is 23.2 Å². The van der Waals surface area contributed by atoms with Crippen LogP contribution in [0.15, 0.2) is 0 Å². The van der Waals surface area contributed by atoms with Crippen LogP contribution in [0.2, 0.25) is 0 Å². The molecular formula is C17H32N2O. The van der Waals surface area contributed by atoms with Crippen LogP contribution in [0.1, 0.15) is 52.4 Å². The summed E-state index contributed by atoms with van der Waals surface area (Å²) in [5.41, 5.74) is 5.74. The lowest BCUT2D eigenvalue weighted by Gasteiger charge is -2.55.